The first-order chi connectivity index (χ1) is 1.41. The summed E-state index contributed by atoms with van der Waals surface area (Å²) in [4.78, 5) is 0. The van der Waals surface area contributed by atoms with Crippen LogP contribution in [-0.4, -0.2) is 31.0 Å². The molecule has 0 amide bonds. The molecule has 0 spiro atoms. The van der Waals surface area contributed by atoms with E-state index in [-0.39, 0.29) is 23.1 Å². The molecule has 0 saturated carbocycles. The van der Waals surface area contributed by atoms with E-state index in [1.807, 2.05) is 0 Å². The molecule has 0 aromatic heterocycles. The molecule has 4 heteroatoms. The Balaban J connectivity index is 0. The van der Waals surface area contributed by atoms with Crippen LogP contribution in [-0.2, 0) is 0 Å². The number of hydrazine groups is 1. The molecular formula is H5BMgN2+2. The molecule has 0 aromatic carbocycles. The summed E-state index contributed by atoms with van der Waals surface area (Å²) >= 11 is 0. The standard InChI is InChI=1S/BH5N2.Mg/c1-3-2;/h3H,1-2H2;/q;+2. The molecule has 0 rings (SSSR count). The summed E-state index contributed by atoms with van der Waals surface area (Å²) in [6.45, 7) is 0. The summed E-state index contributed by atoms with van der Waals surface area (Å²) in [7, 11) is 1.65. The molecule has 0 fully saturated rings. The van der Waals surface area contributed by atoms with Crippen molar-refractivity contribution in [2.75, 3.05) is 0 Å². The van der Waals surface area contributed by atoms with Crippen LogP contribution in [0.5, 0.6) is 0 Å². The molecule has 0 unspecified atom stereocenters. The Morgan fingerprint density at radius 2 is 1.75 bits per heavy atom. The fraction of sp³-hybridized carbons (Fsp3) is 0. The smallest absolute Gasteiger partial charge is 0.308 e. The zero-order chi connectivity index (χ0) is 2.71. The first-order valence-electron chi connectivity index (χ1n) is 0.789. The molecule has 0 aliphatic rings. The van der Waals surface area contributed by atoms with Gasteiger partial charge in [-0.2, -0.15) is 0 Å². The van der Waals surface area contributed by atoms with Crippen molar-refractivity contribution in [2.45, 2.75) is 0 Å². The molecule has 0 aliphatic carbocycles. The number of rotatable bonds is 0. The molecule has 0 aliphatic heterocycles. The van der Waals surface area contributed by atoms with Crippen molar-refractivity contribution in [3.63, 3.8) is 0 Å². The summed E-state index contributed by atoms with van der Waals surface area (Å²) in [6.07, 6.45) is 0. The summed E-state index contributed by atoms with van der Waals surface area (Å²) in [6, 6.07) is 0. The Labute approximate surface area is 42.7 Å². The molecule has 3 N–H and O–H groups in total. The zero-order valence-electron chi connectivity index (χ0n) is 2.78. The van der Waals surface area contributed by atoms with E-state index < -0.39 is 0 Å². The second-order valence-corrected chi connectivity index (χ2v) is 0.289. The van der Waals surface area contributed by atoms with Crippen LogP contribution >= 0.6 is 0 Å². The van der Waals surface area contributed by atoms with Gasteiger partial charge in [0.15, 0.2) is 0 Å². The third-order valence-electron chi connectivity index (χ3n) is 0. The van der Waals surface area contributed by atoms with Gasteiger partial charge in [-0.25, -0.2) is 0 Å². The van der Waals surface area contributed by atoms with Gasteiger partial charge in [-0.15, -0.1) is 0 Å². The predicted octanol–water partition coefficient (Wildman–Crippen LogP) is -2.38. The summed E-state index contributed by atoms with van der Waals surface area (Å²) < 4.78 is 0. The normalized spacial score (nSPS) is 4.25. The second-order valence-electron chi connectivity index (χ2n) is 0.289. The molecule has 18 valence electrons. The third kappa shape index (κ3) is 15.0. The first-order valence-corrected chi connectivity index (χ1v) is 0.789. The van der Waals surface area contributed by atoms with Crippen LogP contribution in [0.2, 0.25) is 0 Å². The monoisotopic (exact) mass is 68.0 g/mol. The largest absolute Gasteiger partial charge is 2.00 e. The van der Waals surface area contributed by atoms with Crippen molar-refractivity contribution in [1.82, 2.24) is 5.34 Å². The number of nitrogens with two attached hydrogens (primary N) is 1. The van der Waals surface area contributed by atoms with Crippen molar-refractivity contribution in [2.24, 2.45) is 5.84 Å². The number of nitrogens with one attached hydrogen (secondary N) is 1. The number of hydrogen-bond donors (Lipinski definition) is 2. The molecular weight excluding hydrogens is 63.1 g/mol. The van der Waals surface area contributed by atoms with Crippen molar-refractivity contribution in [3.05, 3.63) is 0 Å². The van der Waals surface area contributed by atoms with Gasteiger partial charge < -0.3 is 5.34 Å². The van der Waals surface area contributed by atoms with Gasteiger partial charge in [0.05, 0.1) is 0 Å². The average Bonchev–Trinajstić information content (AvgIpc) is 0.918. The third-order valence-corrected chi connectivity index (χ3v) is 0. The van der Waals surface area contributed by atoms with E-state index >= 15 is 0 Å². The van der Waals surface area contributed by atoms with Crippen molar-refractivity contribution >= 4 is 31.0 Å². The maximum Gasteiger partial charge on any atom is 2.00 e. The molecule has 0 bridgehead atoms. The Kier molecular flexibility index (Phi) is 20.4. The molecule has 0 atom stereocenters. The maximum atomic E-state index is 4.60. The molecule has 0 aromatic rings. The molecule has 0 heterocycles. The van der Waals surface area contributed by atoms with E-state index in [0.717, 1.165) is 0 Å². The van der Waals surface area contributed by atoms with Gasteiger partial charge in [-0.1, -0.05) is 0 Å². The van der Waals surface area contributed by atoms with Crippen LogP contribution in [0.15, 0.2) is 0 Å². The quantitative estimate of drug-likeness (QED) is 0.189. The fourth-order valence-corrected chi connectivity index (χ4v) is 0. The maximum absolute atomic E-state index is 4.60. The summed E-state index contributed by atoms with van der Waals surface area (Å²) in [5.41, 5.74) is 0. The Morgan fingerprint density at radius 3 is 1.75 bits per heavy atom. The molecule has 0 saturated heterocycles. The predicted molar refractivity (Wildman–Crippen MR) is 21.6 cm³/mol. The van der Waals surface area contributed by atoms with Crippen LogP contribution in [0.4, 0.5) is 0 Å². The van der Waals surface area contributed by atoms with Crippen LogP contribution in [0.3, 0.4) is 0 Å². The molecule has 2 nitrogen and oxygen atoms in total. The zero-order valence-corrected chi connectivity index (χ0v) is 4.20. The van der Waals surface area contributed by atoms with Crippen LogP contribution < -0.4 is 11.2 Å². The van der Waals surface area contributed by atoms with E-state index in [4.69, 9.17) is 0 Å². The van der Waals surface area contributed by atoms with Crippen LogP contribution in [0, 0.1) is 0 Å². The average molecular weight is 68.2 g/mol. The topological polar surface area (TPSA) is 38.0 Å². The van der Waals surface area contributed by atoms with Gasteiger partial charge >= 0.3 is 23.1 Å². The van der Waals surface area contributed by atoms with E-state index in [1.54, 1.807) is 7.98 Å². The van der Waals surface area contributed by atoms with Gasteiger partial charge in [-0.05, 0) is 0 Å². The number of hydrogen-bond acceptors (Lipinski definition) is 2. The Bertz CT molecular complexity index is 6.00. The summed E-state index contributed by atoms with van der Waals surface area (Å²) in [5.74, 6) is 4.60. The van der Waals surface area contributed by atoms with Gasteiger partial charge in [0.1, 0.15) is 0 Å². The van der Waals surface area contributed by atoms with E-state index in [1.165, 1.54) is 0 Å². The Morgan fingerprint density at radius 1 is 1.75 bits per heavy atom. The minimum absolute atomic E-state index is 0. The Hall–Kier alpha value is 0.751. The van der Waals surface area contributed by atoms with Gasteiger partial charge in [0, 0.05) is 0 Å². The SMILES string of the molecule is BNN.[Mg+2]. The van der Waals surface area contributed by atoms with Gasteiger partial charge in [0.2, 0.25) is 7.98 Å². The van der Waals surface area contributed by atoms with Gasteiger partial charge in [-0.3, -0.25) is 5.84 Å². The van der Waals surface area contributed by atoms with Crippen molar-refractivity contribution in [3.8, 4) is 0 Å². The first kappa shape index (κ1) is 8.83. The minimum Gasteiger partial charge on any atom is -0.308 e. The molecule has 0 radical (unpaired) electrons. The van der Waals surface area contributed by atoms with E-state index in [2.05, 4.69) is 11.2 Å². The fourth-order valence-electron chi connectivity index (χ4n) is 0. The van der Waals surface area contributed by atoms with E-state index in [0.29, 0.717) is 0 Å². The van der Waals surface area contributed by atoms with Gasteiger partial charge in [0.25, 0.3) is 0 Å². The second kappa shape index (κ2) is 9.26. The van der Waals surface area contributed by atoms with Crippen LogP contribution in [0.1, 0.15) is 0 Å². The minimum atomic E-state index is 0. The summed E-state index contributed by atoms with van der Waals surface area (Å²) in [5, 5.41) is 2.25. The molecule has 4 heavy (non-hydrogen) atoms. The van der Waals surface area contributed by atoms with E-state index in [9.17, 15) is 0 Å². The van der Waals surface area contributed by atoms with Crippen LogP contribution in [0.25, 0.3) is 0 Å². The van der Waals surface area contributed by atoms with Crippen molar-refractivity contribution in [1.29, 1.82) is 0 Å². The van der Waals surface area contributed by atoms with Crippen molar-refractivity contribution < 1.29 is 0 Å².